The lowest BCUT2D eigenvalue weighted by molar-refractivity contribution is 0.214. The molecule has 0 radical (unpaired) electrons. The molecule has 0 aliphatic carbocycles. The minimum atomic E-state index is -0.374. The van der Waals surface area contributed by atoms with Gasteiger partial charge in [-0.3, -0.25) is 9.47 Å². The van der Waals surface area contributed by atoms with E-state index < -0.39 is 0 Å². The number of rotatable bonds is 8. The highest BCUT2D eigenvalue weighted by atomic mass is 32.2. The quantitative estimate of drug-likeness (QED) is 0.383. The van der Waals surface area contributed by atoms with Crippen molar-refractivity contribution in [3.05, 3.63) is 66.0 Å². The third-order valence-corrected chi connectivity index (χ3v) is 5.90. The molecule has 0 spiro atoms. The van der Waals surface area contributed by atoms with Crippen LogP contribution in [-0.2, 0) is 6.54 Å². The second kappa shape index (κ2) is 10.0. The molecule has 1 aliphatic rings. The molecule has 0 amide bonds. The molecule has 4 rings (SSSR count). The molecule has 158 valence electrons. The van der Waals surface area contributed by atoms with Crippen LogP contribution < -0.4 is 4.74 Å². The maximum atomic E-state index is 13.7. The molecule has 5 nitrogen and oxygen atoms in total. The van der Waals surface area contributed by atoms with Crippen molar-refractivity contribution in [2.24, 2.45) is 0 Å². The number of nitrogens with zero attached hydrogens (tertiary/aromatic N) is 4. The first kappa shape index (κ1) is 20.8. The Hall–Kier alpha value is -2.45. The smallest absolute Gasteiger partial charge is 0.195 e. The third-order valence-electron chi connectivity index (χ3n) is 5.01. The van der Waals surface area contributed by atoms with Crippen LogP contribution in [0.25, 0.3) is 5.69 Å². The first-order chi connectivity index (χ1) is 14.7. The lowest BCUT2D eigenvalue weighted by Crippen LogP contribution is -2.30. The van der Waals surface area contributed by atoms with Crippen molar-refractivity contribution in [3.8, 4) is 11.4 Å². The molecule has 1 fully saturated rings. The van der Waals surface area contributed by atoms with Gasteiger partial charge in [0.15, 0.2) is 22.5 Å². The fourth-order valence-corrected chi connectivity index (χ4v) is 4.30. The van der Waals surface area contributed by atoms with Crippen molar-refractivity contribution in [3.63, 3.8) is 0 Å². The topological polar surface area (TPSA) is 43.2 Å². The molecule has 30 heavy (non-hydrogen) atoms. The average molecular weight is 431 g/mol. The Bertz CT molecular complexity index is 958. The molecule has 3 aromatic rings. The normalized spacial score (nSPS) is 14.7. The van der Waals surface area contributed by atoms with Crippen LogP contribution in [-0.4, -0.2) is 45.1 Å². The Morgan fingerprint density at radius 1 is 0.933 bits per heavy atom. The van der Waals surface area contributed by atoms with Crippen LogP contribution >= 0.6 is 11.8 Å². The summed E-state index contributed by atoms with van der Waals surface area (Å²) in [6, 6.07) is 12.7. The van der Waals surface area contributed by atoms with Gasteiger partial charge < -0.3 is 4.74 Å². The highest BCUT2D eigenvalue weighted by molar-refractivity contribution is 7.99. The van der Waals surface area contributed by atoms with Crippen LogP contribution in [0.1, 0.15) is 25.1 Å². The lowest BCUT2D eigenvalue weighted by atomic mass is 10.1. The van der Waals surface area contributed by atoms with E-state index in [1.807, 2.05) is 4.57 Å². The SMILES string of the molecule is Fc1ccc(-n2c(CN3CCCCC3)nnc2SCCOc2ccccc2F)cc1. The molecule has 0 bridgehead atoms. The molecule has 1 saturated heterocycles. The Morgan fingerprint density at radius 3 is 2.47 bits per heavy atom. The Morgan fingerprint density at radius 2 is 1.70 bits per heavy atom. The van der Waals surface area contributed by atoms with Crippen LogP contribution in [0.2, 0.25) is 0 Å². The molecular formula is C22H24F2N4OS. The number of ether oxygens (including phenoxy) is 1. The second-order valence-electron chi connectivity index (χ2n) is 7.17. The van der Waals surface area contributed by atoms with Crippen molar-refractivity contribution in [1.82, 2.24) is 19.7 Å². The first-order valence-corrected chi connectivity index (χ1v) is 11.1. The van der Waals surface area contributed by atoms with Gasteiger partial charge in [-0.15, -0.1) is 10.2 Å². The molecule has 0 unspecified atom stereocenters. The van der Waals surface area contributed by atoms with Gasteiger partial charge in [-0.25, -0.2) is 8.78 Å². The summed E-state index contributed by atoms with van der Waals surface area (Å²) in [5.74, 6) is 1.000. The van der Waals surface area contributed by atoms with Gasteiger partial charge in [-0.2, -0.15) is 0 Å². The van der Waals surface area contributed by atoms with Crippen molar-refractivity contribution < 1.29 is 13.5 Å². The predicted octanol–water partition coefficient (Wildman–Crippen LogP) is 4.70. The molecule has 0 saturated carbocycles. The van der Waals surface area contributed by atoms with Gasteiger partial charge in [0.05, 0.1) is 13.2 Å². The minimum Gasteiger partial charge on any atom is -0.490 e. The summed E-state index contributed by atoms with van der Waals surface area (Å²) in [6.45, 7) is 3.14. The summed E-state index contributed by atoms with van der Waals surface area (Å²) in [6.07, 6.45) is 3.66. The summed E-state index contributed by atoms with van der Waals surface area (Å²) < 4.78 is 34.6. The van der Waals surface area contributed by atoms with E-state index in [1.54, 1.807) is 30.3 Å². The number of halogens is 2. The zero-order chi connectivity index (χ0) is 20.8. The first-order valence-electron chi connectivity index (χ1n) is 10.1. The number of hydrogen-bond acceptors (Lipinski definition) is 5. The maximum absolute atomic E-state index is 13.7. The predicted molar refractivity (Wildman–Crippen MR) is 113 cm³/mol. The molecule has 2 heterocycles. The summed E-state index contributed by atoms with van der Waals surface area (Å²) in [5, 5.41) is 9.50. The Labute approximate surface area is 179 Å². The standard InChI is InChI=1S/C22H24F2N4OS/c23-17-8-10-18(11-9-17)28-21(16-27-12-4-1-5-13-27)25-26-22(28)30-15-14-29-20-7-3-2-6-19(20)24/h2-3,6-11H,1,4-5,12-16H2. The van der Waals surface area contributed by atoms with Gasteiger partial charge in [0.1, 0.15) is 5.82 Å². The average Bonchev–Trinajstić information content (AvgIpc) is 3.16. The van der Waals surface area contributed by atoms with E-state index in [0.29, 0.717) is 24.1 Å². The Balaban J connectivity index is 1.47. The second-order valence-corrected chi connectivity index (χ2v) is 8.24. The monoisotopic (exact) mass is 430 g/mol. The molecule has 8 heteroatoms. The third kappa shape index (κ3) is 5.17. The summed E-state index contributed by atoms with van der Waals surface area (Å²) in [5.41, 5.74) is 0.825. The van der Waals surface area contributed by atoms with Crippen LogP contribution in [0.3, 0.4) is 0 Å². The van der Waals surface area contributed by atoms with E-state index in [2.05, 4.69) is 15.1 Å². The number of hydrogen-bond donors (Lipinski definition) is 0. The molecule has 2 aromatic carbocycles. The molecule has 1 aliphatic heterocycles. The largest absolute Gasteiger partial charge is 0.490 e. The van der Waals surface area contributed by atoms with Crippen molar-refractivity contribution >= 4 is 11.8 Å². The number of piperidine rings is 1. The van der Waals surface area contributed by atoms with E-state index in [-0.39, 0.29) is 17.4 Å². The molecular weight excluding hydrogens is 406 g/mol. The zero-order valence-corrected chi connectivity index (χ0v) is 17.5. The molecule has 0 atom stereocenters. The van der Waals surface area contributed by atoms with Gasteiger partial charge in [0.25, 0.3) is 0 Å². The van der Waals surface area contributed by atoms with Crippen molar-refractivity contribution in [2.45, 2.75) is 31.0 Å². The summed E-state index contributed by atoms with van der Waals surface area (Å²) in [7, 11) is 0. The fraction of sp³-hybridized carbons (Fsp3) is 0.364. The summed E-state index contributed by atoms with van der Waals surface area (Å²) >= 11 is 1.48. The minimum absolute atomic E-state index is 0.240. The number of para-hydroxylation sites is 1. The van der Waals surface area contributed by atoms with E-state index in [4.69, 9.17) is 4.74 Å². The zero-order valence-electron chi connectivity index (χ0n) is 16.6. The number of thioether (sulfide) groups is 1. The van der Waals surface area contributed by atoms with Gasteiger partial charge >= 0.3 is 0 Å². The van der Waals surface area contributed by atoms with E-state index in [0.717, 1.165) is 24.6 Å². The van der Waals surface area contributed by atoms with Gasteiger partial charge in [-0.05, 0) is 62.3 Å². The highest BCUT2D eigenvalue weighted by Gasteiger charge is 2.19. The van der Waals surface area contributed by atoms with Crippen LogP contribution in [0.15, 0.2) is 53.7 Å². The van der Waals surface area contributed by atoms with E-state index in [1.165, 1.54) is 49.2 Å². The van der Waals surface area contributed by atoms with Crippen molar-refractivity contribution in [2.75, 3.05) is 25.4 Å². The van der Waals surface area contributed by atoms with Crippen LogP contribution in [0, 0.1) is 11.6 Å². The van der Waals surface area contributed by atoms with Gasteiger partial charge in [-0.1, -0.05) is 30.3 Å². The summed E-state index contributed by atoms with van der Waals surface area (Å²) in [4.78, 5) is 2.38. The molecule has 0 N–H and O–H groups in total. The number of aromatic nitrogens is 3. The lowest BCUT2D eigenvalue weighted by Gasteiger charge is -2.26. The maximum Gasteiger partial charge on any atom is 0.195 e. The van der Waals surface area contributed by atoms with Gasteiger partial charge in [0.2, 0.25) is 0 Å². The number of likely N-dealkylation sites (tertiary alicyclic amines) is 1. The van der Waals surface area contributed by atoms with Crippen LogP contribution in [0.4, 0.5) is 8.78 Å². The van der Waals surface area contributed by atoms with Gasteiger partial charge in [0, 0.05) is 11.4 Å². The number of benzene rings is 2. The fourth-order valence-electron chi connectivity index (χ4n) is 3.51. The van der Waals surface area contributed by atoms with Crippen molar-refractivity contribution in [1.29, 1.82) is 0 Å². The van der Waals surface area contributed by atoms with E-state index in [9.17, 15) is 8.78 Å². The Kier molecular flexibility index (Phi) is 6.96. The molecule has 1 aromatic heterocycles. The highest BCUT2D eigenvalue weighted by Crippen LogP contribution is 2.24. The van der Waals surface area contributed by atoms with Crippen LogP contribution in [0.5, 0.6) is 5.75 Å². The van der Waals surface area contributed by atoms with E-state index >= 15 is 0 Å².